The van der Waals surface area contributed by atoms with Crippen LogP contribution in [0.1, 0.15) is 48.1 Å². The Balaban J connectivity index is 3.65. The second kappa shape index (κ2) is 6.55. The summed E-state index contributed by atoms with van der Waals surface area (Å²) in [5.41, 5.74) is 3.89. The lowest BCUT2D eigenvalue weighted by Gasteiger charge is -2.31. The quantitative estimate of drug-likeness (QED) is 0.486. The molecular weight excluding hydrogens is 279 g/mol. The van der Waals surface area contributed by atoms with Crippen LogP contribution in [-0.2, 0) is 14.9 Å². The highest BCUT2D eigenvalue weighted by atomic mass is 16.7. The van der Waals surface area contributed by atoms with E-state index in [-0.39, 0.29) is 6.42 Å². The third-order valence-electron chi connectivity index (χ3n) is 4.28. The minimum absolute atomic E-state index is 0.160. The van der Waals surface area contributed by atoms with E-state index < -0.39 is 17.3 Å². The summed E-state index contributed by atoms with van der Waals surface area (Å²) in [4.78, 5) is 23.0. The SMILES string of the molecule is [B]C(=O)CC(C)(C)c1c(C)c(C)c(C)c(C)c1OC(=O)OC. The topological polar surface area (TPSA) is 52.6 Å². The molecule has 118 valence electrons. The number of hydrogen-bond donors (Lipinski definition) is 0. The second-order valence-corrected chi connectivity index (χ2v) is 6.29. The first-order valence-corrected chi connectivity index (χ1v) is 7.17. The van der Waals surface area contributed by atoms with Crippen LogP contribution in [0.2, 0.25) is 0 Å². The monoisotopic (exact) mass is 302 g/mol. The first-order valence-electron chi connectivity index (χ1n) is 7.17. The van der Waals surface area contributed by atoms with Crippen molar-refractivity contribution in [1.82, 2.24) is 0 Å². The summed E-state index contributed by atoms with van der Waals surface area (Å²) in [5, 5.41) is 0. The maximum absolute atomic E-state index is 11.6. The number of carbonyl (C=O) groups is 2. The third-order valence-corrected chi connectivity index (χ3v) is 4.28. The molecule has 0 spiro atoms. The largest absolute Gasteiger partial charge is 0.513 e. The van der Waals surface area contributed by atoms with Gasteiger partial charge in [-0.15, -0.1) is 0 Å². The molecular formula is C17H23BO4. The number of benzene rings is 1. The Morgan fingerprint density at radius 2 is 1.50 bits per heavy atom. The Morgan fingerprint density at radius 1 is 1.00 bits per heavy atom. The molecule has 1 aromatic carbocycles. The molecule has 22 heavy (non-hydrogen) atoms. The number of rotatable bonds is 4. The van der Waals surface area contributed by atoms with Crippen LogP contribution in [0, 0.1) is 27.7 Å². The van der Waals surface area contributed by atoms with Gasteiger partial charge in [0.2, 0.25) is 0 Å². The molecule has 0 amide bonds. The predicted octanol–water partition coefficient (Wildman–Crippen LogP) is 3.43. The van der Waals surface area contributed by atoms with E-state index in [9.17, 15) is 9.59 Å². The molecule has 0 bridgehead atoms. The molecule has 1 rings (SSSR count). The molecule has 0 saturated carbocycles. The van der Waals surface area contributed by atoms with E-state index in [0.717, 1.165) is 27.8 Å². The van der Waals surface area contributed by atoms with E-state index in [4.69, 9.17) is 12.6 Å². The van der Waals surface area contributed by atoms with Crippen LogP contribution < -0.4 is 4.74 Å². The van der Waals surface area contributed by atoms with E-state index >= 15 is 0 Å². The standard InChI is InChI=1S/C17H23BO4/c1-9-10(2)12(4)15(22-16(20)21-7)14(11(9)3)17(5,6)8-13(18)19/h8H2,1-7H3. The minimum atomic E-state index is -0.776. The van der Waals surface area contributed by atoms with Crippen molar-refractivity contribution in [2.24, 2.45) is 0 Å². The summed E-state index contributed by atoms with van der Waals surface area (Å²) in [6.45, 7) is 11.7. The smallest absolute Gasteiger partial charge is 0.437 e. The van der Waals surface area contributed by atoms with Gasteiger partial charge in [0.25, 0.3) is 0 Å². The average molecular weight is 302 g/mol. The lowest BCUT2D eigenvalue weighted by molar-refractivity contribution is -0.112. The van der Waals surface area contributed by atoms with Gasteiger partial charge >= 0.3 is 6.16 Å². The van der Waals surface area contributed by atoms with Gasteiger partial charge in [-0.2, -0.15) is 0 Å². The van der Waals surface area contributed by atoms with Gasteiger partial charge in [-0.05, 0) is 55.4 Å². The van der Waals surface area contributed by atoms with E-state index in [1.54, 1.807) is 0 Å². The summed E-state index contributed by atoms with van der Waals surface area (Å²) in [7, 11) is 6.64. The third kappa shape index (κ3) is 3.51. The van der Waals surface area contributed by atoms with E-state index in [1.807, 2.05) is 41.5 Å². The van der Waals surface area contributed by atoms with Crippen LogP contribution in [0.5, 0.6) is 5.75 Å². The maximum Gasteiger partial charge on any atom is 0.513 e. The molecule has 0 unspecified atom stereocenters. The van der Waals surface area contributed by atoms with Crippen molar-refractivity contribution >= 4 is 19.7 Å². The summed E-state index contributed by atoms with van der Waals surface area (Å²) >= 11 is 0. The fourth-order valence-corrected chi connectivity index (χ4v) is 2.87. The Bertz CT molecular complexity index is 618. The second-order valence-electron chi connectivity index (χ2n) is 6.29. The zero-order valence-electron chi connectivity index (χ0n) is 14.4. The number of methoxy groups -OCH3 is 1. The molecule has 0 fully saturated rings. The Labute approximate surface area is 133 Å². The number of carbonyl (C=O) groups excluding carboxylic acids is 2. The number of hydrogen-bond acceptors (Lipinski definition) is 4. The van der Waals surface area contributed by atoms with Gasteiger partial charge in [-0.3, -0.25) is 0 Å². The molecule has 0 N–H and O–H groups in total. The van der Waals surface area contributed by atoms with E-state index in [1.165, 1.54) is 7.11 Å². The summed E-state index contributed by atoms with van der Waals surface area (Å²) in [6, 6.07) is 0. The van der Waals surface area contributed by atoms with E-state index in [0.29, 0.717) is 5.75 Å². The van der Waals surface area contributed by atoms with Crippen molar-refractivity contribution in [1.29, 1.82) is 0 Å². The van der Waals surface area contributed by atoms with Crippen molar-refractivity contribution < 1.29 is 19.1 Å². The Hall–Kier alpha value is -1.78. The summed E-state index contributed by atoms with van der Waals surface area (Å²) in [6.07, 6.45) is -0.616. The molecule has 4 nitrogen and oxygen atoms in total. The Kier molecular flexibility index (Phi) is 5.44. The Morgan fingerprint density at radius 3 is 1.95 bits per heavy atom. The fourth-order valence-electron chi connectivity index (χ4n) is 2.87. The lowest BCUT2D eigenvalue weighted by Crippen LogP contribution is -2.26. The highest BCUT2D eigenvalue weighted by Gasteiger charge is 2.31. The van der Waals surface area contributed by atoms with Crippen molar-refractivity contribution in [2.75, 3.05) is 7.11 Å². The van der Waals surface area contributed by atoms with Gasteiger partial charge in [0.15, 0.2) is 7.85 Å². The molecule has 0 aliphatic rings. The first-order chi connectivity index (χ1) is 10.0. The minimum Gasteiger partial charge on any atom is -0.437 e. The molecule has 1 aromatic rings. The van der Waals surface area contributed by atoms with Gasteiger partial charge < -0.3 is 14.3 Å². The zero-order valence-corrected chi connectivity index (χ0v) is 14.4. The molecule has 0 aliphatic carbocycles. The predicted molar refractivity (Wildman–Crippen MR) is 86.8 cm³/mol. The molecule has 0 saturated heterocycles. The average Bonchev–Trinajstić information content (AvgIpc) is 2.40. The van der Waals surface area contributed by atoms with Crippen LogP contribution in [-0.4, -0.2) is 26.8 Å². The fraction of sp³-hybridized carbons (Fsp3) is 0.529. The van der Waals surface area contributed by atoms with Gasteiger partial charge in [-0.1, -0.05) is 13.8 Å². The van der Waals surface area contributed by atoms with Crippen LogP contribution in [0.4, 0.5) is 4.79 Å². The van der Waals surface area contributed by atoms with Crippen LogP contribution >= 0.6 is 0 Å². The van der Waals surface area contributed by atoms with Crippen LogP contribution in [0.25, 0.3) is 0 Å². The summed E-state index contributed by atoms with van der Waals surface area (Å²) < 4.78 is 10.0. The van der Waals surface area contributed by atoms with Gasteiger partial charge in [0, 0.05) is 12.0 Å². The molecule has 0 aliphatic heterocycles. The first kappa shape index (κ1) is 18.3. The van der Waals surface area contributed by atoms with Crippen LogP contribution in [0.15, 0.2) is 0 Å². The van der Waals surface area contributed by atoms with Crippen molar-refractivity contribution in [3.05, 3.63) is 27.8 Å². The number of ether oxygens (including phenoxy) is 2. The van der Waals surface area contributed by atoms with Crippen molar-refractivity contribution in [3.8, 4) is 5.75 Å². The lowest BCUT2D eigenvalue weighted by atomic mass is 9.72. The van der Waals surface area contributed by atoms with Crippen LogP contribution in [0.3, 0.4) is 0 Å². The normalized spacial score (nSPS) is 11.2. The van der Waals surface area contributed by atoms with Gasteiger partial charge in [-0.25, -0.2) is 4.79 Å². The summed E-state index contributed by atoms with van der Waals surface area (Å²) in [5.74, 6) is 0.457. The van der Waals surface area contributed by atoms with E-state index in [2.05, 4.69) is 4.74 Å². The molecule has 0 atom stereocenters. The highest BCUT2D eigenvalue weighted by molar-refractivity contribution is 6.57. The van der Waals surface area contributed by atoms with Crippen molar-refractivity contribution in [3.63, 3.8) is 0 Å². The molecule has 0 heterocycles. The maximum atomic E-state index is 11.6. The van der Waals surface area contributed by atoms with Gasteiger partial charge in [0.1, 0.15) is 5.75 Å². The molecule has 5 heteroatoms. The molecule has 2 radical (unpaired) electrons. The van der Waals surface area contributed by atoms with Crippen molar-refractivity contribution in [2.45, 2.75) is 53.4 Å². The highest BCUT2D eigenvalue weighted by Crippen LogP contribution is 2.42. The zero-order chi connectivity index (χ0) is 17.2. The van der Waals surface area contributed by atoms with Gasteiger partial charge in [0.05, 0.1) is 12.8 Å². The molecule has 0 aromatic heterocycles.